The van der Waals surface area contributed by atoms with Gasteiger partial charge in [-0.2, -0.15) is 0 Å². The van der Waals surface area contributed by atoms with Crippen LogP contribution in [0.4, 0.5) is 0 Å². The first kappa shape index (κ1) is 14.6. The zero-order valence-electron chi connectivity index (χ0n) is 13.0. The van der Waals surface area contributed by atoms with E-state index in [9.17, 15) is 4.79 Å². The number of aromatic nitrogens is 1. The van der Waals surface area contributed by atoms with Crippen LogP contribution < -0.4 is 5.32 Å². The van der Waals surface area contributed by atoms with Gasteiger partial charge in [-0.05, 0) is 63.7 Å². The van der Waals surface area contributed by atoms with Gasteiger partial charge in [0.25, 0.3) is 0 Å². The maximum Gasteiger partial charge on any atom is 0.242 e. The molecule has 3 unspecified atom stereocenters. The summed E-state index contributed by atoms with van der Waals surface area (Å²) in [6.07, 6.45) is 10.5. The number of carbonyl (C=O) groups excluding carboxylic acids is 1. The van der Waals surface area contributed by atoms with E-state index in [0.29, 0.717) is 12.0 Å². The fourth-order valence-corrected chi connectivity index (χ4v) is 3.94. The number of hydrogen-bond donors (Lipinski definition) is 1. The Balaban J connectivity index is 1.53. The average molecular weight is 289 g/mol. The number of fused-ring (bicyclic) bond motifs is 1. The van der Waals surface area contributed by atoms with Crippen molar-refractivity contribution in [1.82, 2.24) is 14.8 Å². The van der Waals surface area contributed by atoms with Gasteiger partial charge in [-0.1, -0.05) is 6.42 Å². The number of carbonyl (C=O) groups is 1. The Bertz CT molecular complexity index is 455. The van der Waals surface area contributed by atoms with Crippen molar-refractivity contribution in [3.8, 4) is 0 Å². The quantitative estimate of drug-likeness (QED) is 0.924. The number of nitrogens with zero attached hydrogens (tertiary/aromatic N) is 2. The highest BCUT2D eigenvalue weighted by molar-refractivity contribution is 5.79. The van der Waals surface area contributed by atoms with Gasteiger partial charge in [0.2, 0.25) is 5.91 Å². The van der Waals surface area contributed by atoms with Gasteiger partial charge in [0.05, 0.1) is 0 Å². The molecule has 0 aliphatic carbocycles. The molecule has 2 saturated heterocycles. The summed E-state index contributed by atoms with van der Waals surface area (Å²) in [6, 6.07) is 4.51. The van der Waals surface area contributed by atoms with Gasteiger partial charge in [0.15, 0.2) is 0 Å². The Hall–Kier alpha value is -1.29. The first-order chi connectivity index (χ1) is 10.3. The number of rotatable bonds is 4. The van der Waals surface area contributed by atoms with Gasteiger partial charge >= 0.3 is 0 Å². The normalized spacial score (nSPS) is 27.9. The SMILES string of the molecule is CC(C(=O)NCC1CCCN2CCCCC12)n1cccc1. The molecule has 1 N–H and O–H groups in total. The Morgan fingerprint density at radius 3 is 2.76 bits per heavy atom. The van der Waals surface area contributed by atoms with Crippen molar-refractivity contribution < 1.29 is 4.79 Å². The summed E-state index contributed by atoms with van der Waals surface area (Å²) in [5.74, 6) is 0.777. The smallest absolute Gasteiger partial charge is 0.242 e. The van der Waals surface area contributed by atoms with Gasteiger partial charge in [0, 0.05) is 25.0 Å². The monoisotopic (exact) mass is 289 g/mol. The molecule has 0 radical (unpaired) electrons. The molecule has 21 heavy (non-hydrogen) atoms. The Labute approximate surface area is 127 Å². The number of nitrogens with one attached hydrogen (secondary N) is 1. The van der Waals surface area contributed by atoms with Crippen LogP contribution in [0.1, 0.15) is 45.1 Å². The molecule has 2 fully saturated rings. The zero-order chi connectivity index (χ0) is 14.7. The van der Waals surface area contributed by atoms with Crippen molar-refractivity contribution in [2.75, 3.05) is 19.6 Å². The first-order valence-electron chi connectivity index (χ1n) is 8.40. The molecule has 3 heterocycles. The molecule has 0 spiro atoms. The fourth-order valence-electron chi connectivity index (χ4n) is 3.94. The molecule has 3 rings (SSSR count). The fraction of sp³-hybridized carbons (Fsp3) is 0.706. The highest BCUT2D eigenvalue weighted by atomic mass is 16.2. The minimum Gasteiger partial charge on any atom is -0.354 e. The van der Waals surface area contributed by atoms with E-state index in [-0.39, 0.29) is 11.9 Å². The van der Waals surface area contributed by atoms with Crippen LogP contribution in [0, 0.1) is 5.92 Å². The van der Waals surface area contributed by atoms with Crippen molar-refractivity contribution in [3.05, 3.63) is 24.5 Å². The van der Waals surface area contributed by atoms with E-state index in [4.69, 9.17) is 0 Å². The van der Waals surface area contributed by atoms with Crippen LogP contribution in [0.5, 0.6) is 0 Å². The standard InChI is InChI=1S/C17H27N3O/c1-14(19-9-4-5-10-19)17(21)18-13-15-7-6-12-20-11-3-2-8-16(15)20/h4-5,9-10,14-16H,2-3,6-8,11-13H2,1H3,(H,18,21). The second-order valence-electron chi connectivity index (χ2n) is 6.55. The predicted molar refractivity (Wildman–Crippen MR) is 84.1 cm³/mol. The molecule has 4 nitrogen and oxygen atoms in total. The maximum atomic E-state index is 12.3. The summed E-state index contributed by atoms with van der Waals surface area (Å²) in [5.41, 5.74) is 0. The number of amides is 1. The molecule has 0 aromatic carbocycles. The lowest BCUT2D eigenvalue weighted by Crippen LogP contribution is -2.51. The third kappa shape index (κ3) is 3.31. The number of hydrogen-bond acceptors (Lipinski definition) is 2. The third-order valence-electron chi connectivity index (χ3n) is 5.22. The molecule has 116 valence electrons. The summed E-state index contributed by atoms with van der Waals surface area (Å²) in [5, 5.41) is 3.19. The number of piperidine rings is 2. The van der Waals surface area contributed by atoms with Gasteiger partial charge in [-0.25, -0.2) is 0 Å². The molecule has 1 amide bonds. The second kappa shape index (κ2) is 6.65. The van der Waals surface area contributed by atoms with Crippen molar-refractivity contribution in [3.63, 3.8) is 0 Å². The summed E-state index contributed by atoms with van der Waals surface area (Å²) in [7, 11) is 0. The van der Waals surface area contributed by atoms with Crippen LogP contribution >= 0.6 is 0 Å². The second-order valence-corrected chi connectivity index (χ2v) is 6.55. The minimum absolute atomic E-state index is 0.119. The summed E-state index contributed by atoms with van der Waals surface area (Å²) < 4.78 is 1.96. The largest absolute Gasteiger partial charge is 0.354 e. The van der Waals surface area contributed by atoms with Crippen LogP contribution in [-0.2, 0) is 4.79 Å². The van der Waals surface area contributed by atoms with Crippen molar-refractivity contribution in [2.24, 2.45) is 5.92 Å². The van der Waals surface area contributed by atoms with E-state index in [0.717, 1.165) is 6.54 Å². The maximum absolute atomic E-state index is 12.3. The van der Waals surface area contributed by atoms with Crippen LogP contribution in [-0.4, -0.2) is 41.1 Å². The summed E-state index contributed by atoms with van der Waals surface area (Å²) >= 11 is 0. The van der Waals surface area contributed by atoms with E-state index in [2.05, 4.69) is 10.2 Å². The van der Waals surface area contributed by atoms with Crippen LogP contribution in [0.3, 0.4) is 0 Å². The van der Waals surface area contributed by atoms with Gasteiger partial charge in [0.1, 0.15) is 6.04 Å². The molecule has 1 aromatic heterocycles. The van der Waals surface area contributed by atoms with Crippen molar-refractivity contribution in [2.45, 2.75) is 51.1 Å². The van der Waals surface area contributed by atoms with E-state index in [1.807, 2.05) is 36.0 Å². The van der Waals surface area contributed by atoms with E-state index in [1.54, 1.807) is 0 Å². The molecule has 4 heteroatoms. The van der Waals surface area contributed by atoms with Crippen LogP contribution in [0.25, 0.3) is 0 Å². The molecule has 0 bridgehead atoms. The molecule has 2 aliphatic rings. The van der Waals surface area contributed by atoms with Gasteiger partial charge in [-0.3, -0.25) is 4.79 Å². The molecule has 1 aromatic rings. The topological polar surface area (TPSA) is 37.3 Å². The molecule has 0 saturated carbocycles. The summed E-state index contributed by atoms with van der Waals surface area (Å²) in [6.45, 7) is 5.32. The van der Waals surface area contributed by atoms with E-state index >= 15 is 0 Å². The highest BCUT2D eigenvalue weighted by Crippen LogP contribution is 2.30. The van der Waals surface area contributed by atoms with Gasteiger partial charge < -0.3 is 14.8 Å². The van der Waals surface area contributed by atoms with Crippen LogP contribution in [0.2, 0.25) is 0 Å². The predicted octanol–water partition coefficient (Wildman–Crippen LogP) is 2.43. The summed E-state index contributed by atoms with van der Waals surface area (Å²) in [4.78, 5) is 15.0. The average Bonchev–Trinajstić information content (AvgIpc) is 3.06. The lowest BCUT2D eigenvalue weighted by molar-refractivity contribution is -0.124. The zero-order valence-corrected chi connectivity index (χ0v) is 13.0. The van der Waals surface area contributed by atoms with Crippen LogP contribution in [0.15, 0.2) is 24.5 Å². The molecule has 3 atom stereocenters. The van der Waals surface area contributed by atoms with Crippen molar-refractivity contribution in [1.29, 1.82) is 0 Å². The lowest BCUT2D eigenvalue weighted by atomic mass is 9.83. The molecule has 2 aliphatic heterocycles. The first-order valence-corrected chi connectivity index (χ1v) is 8.40. The Morgan fingerprint density at radius 1 is 1.19 bits per heavy atom. The Morgan fingerprint density at radius 2 is 1.95 bits per heavy atom. The van der Waals surface area contributed by atoms with E-state index < -0.39 is 0 Å². The van der Waals surface area contributed by atoms with E-state index in [1.165, 1.54) is 45.2 Å². The highest BCUT2D eigenvalue weighted by Gasteiger charge is 2.33. The molecular formula is C17H27N3O. The lowest BCUT2D eigenvalue weighted by Gasteiger charge is -2.44. The van der Waals surface area contributed by atoms with Gasteiger partial charge in [-0.15, -0.1) is 0 Å². The minimum atomic E-state index is -0.119. The van der Waals surface area contributed by atoms with Crippen molar-refractivity contribution >= 4 is 5.91 Å². The third-order valence-corrected chi connectivity index (χ3v) is 5.22. The Kier molecular flexibility index (Phi) is 4.63. The molecular weight excluding hydrogens is 262 g/mol.